The Kier molecular flexibility index (Phi) is 2.62. The number of fused-ring (bicyclic) bond motifs is 1. The number of nitrogens with one attached hydrogen (secondary N) is 1. The van der Waals surface area contributed by atoms with E-state index in [0.29, 0.717) is 18.7 Å². The van der Waals surface area contributed by atoms with Gasteiger partial charge in [-0.1, -0.05) is 0 Å². The Morgan fingerprint density at radius 1 is 1.67 bits per heavy atom. The topological polar surface area (TPSA) is 64.1 Å². The van der Waals surface area contributed by atoms with Crippen molar-refractivity contribution in [3.8, 4) is 0 Å². The molecule has 1 N–H and O–H groups in total. The van der Waals surface area contributed by atoms with E-state index in [1.807, 2.05) is 0 Å². The zero-order chi connectivity index (χ0) is 10.7. The van der Waals surface area contributed by atoms with E-state index in [4.69, 9.17) is 4.74 Å². The fourth-order valence-corrected chi connectivity index (χ4v) is 1.37. The van der Waals surface area contributed by atoms with E-state index in [-0.39, 0.29) is 5.97 Å². The van der Waals surface area contributed by atoms with Crippen LogP contribution in [0.3, 0.4) is 0 Å². The fourth-order valence-electron chi connectivity index (χ4n) is 1.37. The average molecular weight is 205 g/mol. The van der Waals surface area contributed by atoms with Crippen LogP contribution in [-0.4, -0.2) is 29.1 Å². The highest BCUT2D eigenvalue weighted by Gasteiger charge is 2.16. The minimum Gasteiger partial charge on any atom is -0.463 e. The standard InChI is InChI=1S/C10H11N3O2/c1-2-15-10(14)8-3-7-4-11-6-13-9(7)12-5-8/h3-4,6H,2,5H2,1H3,(H,11,12,13). The summed E-state index contributed by atoms with van der Waals surface area (Å²) in [7, 11) is 0. The second-order valence-electron chi connectivity index (χ2n) is 3.07. The third-order valence-corrected chi connectivity index (χ3v) is 2.05. The van der Waals surface area contributed by atoms with E-state index in [0.717, 1.165) is 11.4 Å². The first kappa shape index (κ1) is 9.64. The summed E-state index contributed by atoms with van der Waals surface area (Å²) in [5.41, 5.74) is 1.41. The number of hydrogen-bond donors (Lipinski definition) is 1. The van der Waals surface area contributed by atoms with Gasteiger partial charge in [-0.25, -0.2) is 14.8 Å². The maximum absolute atomic E-state index is 11.4. The number of carbonyl (C=O) groups is 1. The zero-order valence-electron chi connectivity index (χ0n) is 8.36. The third kappa shape index (κ3) is 1.96. The predicted molar refractivity (Wildman–Crippen MR) is 55.1 cm³/mol. The van der Waals surface area contributed by atoms with Crippen molar-refractivity contribution >= 4 is 17.9 Å². The molecule has 0 bridgehead atoms. The summed E-state index contributed by atoms with van der Waals surface area (Å²) >= 11 is 0. The van der Waals surface area contributed by atoms with E-state index < -0.39 is 0 Å². The smallest absolute Gasteiger partial charge is 0.335 e. The highest BCUT2D eigenvalue weighted by Crippen LogP contribution is 2.20. The van der Waals surface area contributed by atoms with Crippen molar-refractivity contribution < 1.29 is 9.53 Å². The van der Waals surface area contributed by atoms with Crippen LogP contribution in [0.5, 0.6) is 0 Å². The van der Waals surface area contributed by atoms with Gasteiger partial charge in [0.1, 0.15) is 12.1 Å². The number of ether oxygens (including phenoxy) is 1. The highest BCUT2D eigenvalue weighted by atomic mass is 16.5. The molecule has 0 spiro atoms. The summed E-state index contributed by atoms with van der Waals surface area (Å²) in [5, 5.41) is 3.03. The van der Waals surface area contributed by atoms with Crippen molar-refractivity contribution in [1.29, 1.82) is 0 Å². The molecule has 0 aromatic carbocycles. The number of hydrogen-bond acceptors (Lipinski definition) is 5. The molecular weight excluding hydrogens is 194 g/mol. The molecular formula is C10H11N3O2. The minimum atomic E-state index is -0.292. The van der Waals surface area contributed by atoms with Crippen LogP contribution in [-0.2, 0) is 9.53 Å². The van der Waals surface area contributed by atoms with Crippen molar-refractivity contribution in [1.82, 2.24) is 9.97 Å². The number of anilines is 1. The Hall–Kier alpha value is -1.91. The first-order valence-corrected chi connectivity index (χ1v) is 4.73. The average Bonchev–Trinajstić information content (AvgIpc) is 2.29. The lowest BCUT2D eigenvalue weighted by Gasteiger charge is -2.15. The van der Waals surface area contributed by atoms with Gasteiger partial charge in [0, 0.05) is 18.3 Å². The van der Waals surface area contributed by atoms with Gasteiger partial charge in [0.15, 0.2) is 0 Å². The van der Waals surface area contributed by atoms with E-state index in [2.05, 4.69) is 15.3 Å². The van der Waals surface area contributed by atoms with Gasteiger partial charge in [-0.15, -0.1) is 0 Å². The van der Waals surface area contributed by atoms with Gasteiger partial charge in [-0.2, -0.15) is 0 Å². The maximum atomic E-state index is 11.4. The molecule has 1 aromatic rings. The molecule has 5 nitrogen and oxygen atoms in total. The summed E-state index contributed by atoms with van der Waals surface area (Å²) < 4.78 is 4.91. The van der Waals surface area contributed by atoms with Gasteiger partial charge in [0.25, 0.3) is 0 Å². The lowest BCUT2D eigenvalue weighted by atomic mass is 10.1. The van der Waals surface area contributed by atoms with Gasteiger partial charge in [-0.3, -0.25) is 0 Å². The molecule has 0 aliphatic carbocycles. The van der Waals surface area contributed by atoms with Gasteiger partial charge < -0.3 is 10.1 Å². The Balaban J connectivity index is 2.25. The van der Waals surface area contributed by atoms with Crippen molar-refractivity contribution in [2.45, 2.75) is 6.92 Å². The monoisotopic (exact) mass is 205 g/mol. The van der Waals surface area contributed by atoms with E-state index >= 15 is 0 Å². The van der Waals surface area contributed by atoms with Gasteiger partial charge in [0.2, 0.25) is 0 Å². The first-order valence-electron chi connectivity index (χ1n) is 4.73. The van der Waals surface area contributed by atoms with Crippen LogP contribution in [0.15, 0.2) is 18.1 Å². The fraction of sp³-hybridized carbons (Fsp3) is 0.300. The molecule has 15 heavy (non-hydrogen) atoms. The van der Waals surface area contributed by atoms with Crippen molar-refractivity contribution in [2.75, 3.05) is 18.5 Å². The summed E-state index contributed by atoms with van der Waals surface area (Å²) in [6.07, 6.45) is 4.88. The largest absolute Gasteiger partial charge is 0.463 e. The second kappa shape index (κ2) is 4.08. The van der Waals surface area contributed by atoms with Gasteiger partial charge in [0.05, 0.1) is 12.2 Å². The summed E-state index contributed by atoms with van der Waals surface area (Å²) in [6, 6.07) is 0. The maximum Gasteiger partial charge on any atom is 0.335 e. The van der Waals surface area contributed by atoms with Crippen molar-refractivity contribution in [2.24, 2.45) is 0 Å². The van der Waals surface area contributed by atoms with Crippen LogP contribution in [0.25, 0.3) is 6.08 Å². The number of nitrogens with zero attached hydrogens (tertiary/aromatic N) is 2. The molecule has 0 fully saturated rings. The Labute approximate surface area is 87.2 Å². The van der Waals surface area contributed by atoms with E-state index in [9.17, 15) is 4.79 Å². The summed E-state index contributed by atoms with van der Waals surface area (Å²) in [4.78, 5) is 19.4. The Bertz CT molecular complexity index is 415. The second-order valence-corrected chi connectivity index (χ2v) is 3.07. The summed E-state index contributed by atoms with van der Waals surface area (Å²) in [6.45, 7) is 2.61. The summed E-state index contributed by atoms with van der Waals surface area (Å²) in [5.74, 6) is 0.456. The van der Waals surface area contributed by atoms with Crippen LogP contribution in [0, 0.1) is 0 Å². The molecule has 2 heterocycles. The number of rotatable bonds is 2. The first-order chi connectivity index (χ1) is 7.31. The number of carbonyl (C=O) groups excluding carboxylic acids is 1. The lowest BCUT2D eigenvalue weighted by molar-refractivity contribution is -0.138. The lowest BCUT2D eigenvalue weighted by Crippen LogP contribution is -2.19. The molecule has 1 aromatic heterocycles. The third-order valence-electron chi connectivity index (χ3n) is 2.05. The quantitative estimate of drug-likeness (QED) is 0.725. The van der Waals surface area contributed by atoms with Crippen LogP contribution in [0.4, 0.5) is 5.82 Å². The van der Waals surface area contributed by atoms with Gasteiger partial charge >= 0.3 is 5.97 Å². The SMILES string of the molecule is CCOC(=O)C1=Cc2cncnc2NC1. The molecule has 0 saturated heterocycles. The minimum absolute atomic E-state index is 0.292. The van der Waals surface area contributed by atoms with Crippen molar-refractivity contribution in [3.05, 3.63) is 23.7 Å². The molecule has 0 amide bonds. The van der Waals surface area contributed by atoms with Crippen LogP contribution >= 0.6 is 0 Å². The number of esters is 1. The normalized spacial score (nSPS) is 13.5. The molecule has 0 saturated carbocycles. The molecule has 5 heteroatoms. The molecule has 0 atom stereocenters. The Morgan fingerprint density at radius 2 is 2.53 bits per heavy atom. The molecule has 1 aliphatic heterocycles. The molecule has 0 radical (unpaired) electrons. The number of aromatic nitrogens is 2. The van der Waals surface area contributed by atoms with E-state index in [1.165, 1.54) is 6.33 Å². The predicted octanol–water partition coefficient (Wildman–Crippen LogP) is 0.849. The van der Waals surface area contributed by atoms with Crippen LogP contribution in [0.2, 0.25) is 0 Å². The van der Waals surface area contributed by atoms with E-state index in [1.54, 1.807) is 19.2 Å². The van der Waals surface area contributed by atoms with Crippen molar-refractivity contribution in [3.63, 3.8) is 0 Å². The van der Waals surface area contributed by atoms with Gasteiger partial charge in [-0.05, 0) is 13.0 Å². The van der Waals surface area contributed by atoms with Crippen LogP contribution in [0.1, 0.15) is 12.5 Å². The molecule has 1 aliphatic rings. The Morgan fingerprint density at radius 3 is 3.33 bits per heavy atom. The molecule has 78 valence electrons. The highest BCUT2D eigenvalue weighted by molar-refractivity contribution is 5.96. The molecule has 2 rings (SSSR count). The van der Waals surface area contributed by atoms with Crippen LogP contribution < -0.4 is 5.32 Å². The zero-order valence-corrected chi connectivity index (χ0v) is 8.36. The molecule has 0 unspecified atom stereocenters.